The van der Waals surface area contributed by atoms with Crippen LogP contribution in [0.15, 0.2) is 42.7 Å². The van der Waals surface area contributed by atoms with Crippen molar-refractivity contribution in [3.05, 3.63) is 48.3 Å². The van der Waals surface area contributed by atoms with Crippen LogP contribution in [0.1, 0.15) is 5.56 Å². The summed E-state index contributed by atoms with van der Waals surface area (Å²) in [6, 6.07) is 9.12. The number of imidazole rings is 1. The fourth-order valence-corrected chi connectivity index (χ4v) is 1.65. The number of carbonyl (C=O) groups excluding carboxylic acids is 1. The fourth-order valence-electron chi connectivity index (χ4n) is 1.65. The number of aryl methyl sites for hydroxylation is 1. The second-order valence-corrected chi connectivity index (χ2v) is 4.15. The van der Waals surface area contributed by atoms with E-state index in [0.29, 0.717) is 12.4 Å². The molecule has 5 heteroatoms. The SMILES string of the molecule is Cn1ccnc1NC(=O)[C@@H](N)Cc1ccccc1. The van der Waals surface area contributed by atoms with Crippen molar-refractivity contribution in [2.75, 3.05) is 5.32 Å². The van der Waals surface area contributed by atoms with Gasteiger partial charge in [0.25, 0.3) is 0 Å². The highest BCUT2D eigenvalue weighted by atomic mass is 16.2. The zero-order chi connectivity index (χ0) is 13.0. The molecule has 2 aromatic rings. The lowest BCUT2D eigenvalue weighted by Gasteiger charge is -2.11. The van der Waals surface area contributed by atoms with Crippen LogP contribution in [0.2, 0.25) is 0 Å². The van der Waals surface area contributed by atoms with Crippen molar-refractivity contribution in [2.45, 2.75) is 12.5 Å². The van der Waals surface area contributed by atoms with Crippen LogP contribution in [-0.4, -0.2) is 21.5 Å². The minimum Gasteiger partial charge on any atom is -0.320 e. The Kier molecular flexibility index (Phi) is 3.74. The molecule has 0 bridgehead atoms. The topological polar surface area (TPSA) is 72.9 Å². The Balaban J connectivity index is 1.95. The van der Waals surface area contributed by atoms with Gasteiger partial charge in [0.2, 0.25) is 11.9 Å². The molecule has 1 heterocycles. The van der Waals surface area contributed by atoms with Gasteiger partial charge in [-0.15, -0.1) is 0 Å². The Morgan fingerprint density at radius 3 is 2.78 bits per heavy atom. The number of hydrogen-bond acceptors (Lipinski definition) is 3. The number of nitrogens with zero attached hydrogens (tertiary/aromatic N) is 2. The molecular weight excluding hydrogens is 228 g/mol. The number of anilines is 1. The molecule has 0 saturated heterocycles. The maximum absolute atomic E-state index is 11.9. The van der Waals surface area contributed by atoms with Gasteiger partial charge in [0.15, 0.2) is 0 Å². The number of rotatable bonds is 4. The van der Waals surface area contributed by atoms with Gasteiger partial charge in [-0.2, -0.15) is 0 Å². The zero-order valence-corrected chi connectivity index (χ0v) is 10.2. The Hall–Kier alpha value is -2.14. The smallest absolute Gasteiger partial charge is 0.243 e. The lowest BCUT2D eigenvalue weighted by atomic mass is 10.1. The lowest BCUT2D eigenvalue weighted by Crippen LogP contribution is -2.38. The van der Waals surface area contributed by atoms with Gasteiger partial charge in [-0.3, -0.25) is 10.1 Å². The van der Waals surface area contributed by atoms with E-state index in [2.05, 4.69) is 10.3 Å². The average molecular weight is 244 g/mol. The zero-order valence-electron chi connectivity index (χ0n) is 10.2. The maximum atomic E-state index is 11.9. The number of nitrogens with one attached hydrogen (secondary N) is 1. The minimum absolute atomic E-state index is 0.229. The van der Waals surface area contributed by atoms with Crippen LogP contribution < -0.4 is 11.1 Å². The molecule has 1 atom stereocenters. The number of hydrogen-bond donors (Lipinski definition) is 2. The quantitative estimate of drug-likeness (QED) is 0.840. The van der Waals surface area contributed by atoms with E-state index < -0.39 is 6.04 Å². The van der Waals surface area contributed by atoms with Gasteiger partial charge >= 0.3 is 0 Å². The molecule has 3 N–H and O–H groups in total. The summed E-state index contributed by atoms with van der Waals surface area (Å²) in [4.78, 5) is 15.9. The molecule has 0 spiro atoms. The molecule has 1 aromatic carbocycles. The van der Waals surface area contributed by atoms with Gasteiger partial charge in [0.1, 0.15) is 0 Å². The number of nitrogens with two attached hydrogens (primary N) is 1. The summed E-state index contributed by atoms with van der Waals surface area (Å²) in [5.74, 6) is 0.275. The second-order valence-electron chi connectivity index (χ2n) is 4.15. The second kappa shape index (κ2) is 5.46. The highest BCUT2D eigenvalue weighted by Gasteiger charge is 2.15. The molecule has 94 valence electrons. The highest BCUT2D eigenvalue weighted by Crippen LogP contribution is 2.05. The number of benzene rings is 1. The molecule has 0 fully saturated rings. The lowest BCUT2D eigenvalue weighted by molar-refractivity contribution is -0.117. The molecular formula is C13H16N4O. The van der Waals surface area contributed by atoms with Crippen molar-refractivity contribution in [3.8, 4) is 0 Å². The Morgan fingerprint density at radius 1 is 1.44 bits per heavy atom. The summed E-state index contributed by atoms with van der Waals surface area (Å²) in [7, 11) is 1.81. The van der Waals surface area contributed by atoms with E-state index in [0.717, 1.165) is 5.56 Å². The first kappa shape index (κ1) is 12.3. The first-order valence-electron chi connectivity index (χ1n) is 5.74. The van der Waals surface area contributed by atoms with E-state index in [1.54, 1.807) is 17.0 Å². The van der Waals surface area contributed by atoms with Crippen molar-refractivity contribution in [2.24, 2.45) is 12.8 Å². The third-order valence-electron chi connectivity index (χ3n) is 2.69. The molecule has 1 aromatic heterocycles. The van der Waals surface area contributed by atoms with Crippen LogP contribution in [0.5, 0.6) is 0 Å². The molecule has 1 amide bonds. The number of aromatic nitrogens is 2. The van der Waals surface area contributed by atoms with Crippen LogP contribution in [0, 0.1) is 0 Å². The van der Waals surface area contributed by atoms with Crippen LogP contribution >= 0.6 is 0 Å². The molecule has 5 nitrogen and oxygen atoms in total. The van der Waals surface area contributed by atoms with E-state index in [1.165, 1.54) is 0 Å². The van der Waals surface area contributed by atoms with Crippen molar-refractivity contribution in [3.63, 3.8) is 0 Å². The summed E-state index contributed by atoms with van der Waals surface area (Å²) in [6.45, 7) is 0. The van der Waals surface area contributed by atoms with Crippen LogP contribution in [0.4, 0.5) is 5.95 Å². The summed E-state index contributed by atoms with van der Waals surface area (Å²) in [5.41, 5.74) is 6.91. The molecule has 2 rings (SSSR count). The fraction of sp³-hybridized carbons (Fsp3) is 0.231. The minimum atomic E-state index is -0.580. The van der Waals surface area contributed by atoms with Gasteiger partial charge in [0, 0.05) is 19.4 Å². The van der Waals surface area contributed by atoms with Gasteiger partial charge in [-0.05, 0) is 12.0 Å². The summed E-state index contributed by atoms with van der Waals surface area (Å²) in [6.07, 6.45) is 3.90. The van der Waals surface area contributed by atoms with Crippen molar-refractivity contribution >= 4 is 11.9 Å². The van der Waals surface area contributed by atoms with E-state index in [9.17, 15) is 4.79 Å². The van der Waals surface area contributed by atoms with E-state index in [-0.39, 0.29) is 5.91 Å². The molecule has 0 saturated carbocycles. The van der Waals surface area contributed by atoms with Gasteiger partial charge in [-0.1, -0.05) is 30.3 Å². The highest BCUT2D eigenvalue weighted by molar-refractivity contribution is 5.93. The third kappa shape index (κ3) is 2.95. The predicted molar refractivity (Wildman–Crippen MR) is 70.0 cm³/mol. The monoisotopic (exact) mass is 244 g/mol. The third-order valence-corrected chi connectivity index (χ3v) is 2.69. The summed E-state index contributed by atoms with van der Waals surface area (Å²) >= 11 is 0. The number of carbonyl (C=O) groups is 1. The van der Waals surface area contributed by atoms with Crippen molar-refractivity contribution in [1.82, 2.24) is 9.55 Å². The Bertz CT molecular complexity index is 521. The van der Waals surface area contributed by atoms with Crippen LogP contribution in [0.3, 0.4) is 0 Å². The molecule has 0 aliphatic heterocycles. The van der Waals surface area contributed by atoms with E-state index in [1.807, 2.05) is 37.4 Å². The predicted octanol–water partition coefficient (Wildman–Crippen LogP) is 0.929. The van der Waals surface area contributed by atoms with Crippen LogP contribution in [0.25, 0.3) is 0 Å². The molecule has 0 aliphatic carbocycles. The van der Waals surface area contributed by atoms with Gasteiger partial charge < -0.3 is 10.3 Å². The van der Waals surface area contributed by atoms with Gasteiger partial charge in [0.05, 0.1) is 6.04 Å². The first-order chi connectivity index (χ1) is 8.66. The normalized spacial score (nSPS) is 12.1. The van der Waals surface area contributed by atoms with Gasteiger partial charge in [-0.25, -0.2) is 4.98 Å². The maximum Gasteiger partial charge on any atom is 0.243 e. The van der Waals surface area contributed by atoms with Crippen molar-refractivity contribution < 1.29 is 4.79 Å². The molecule has 0 unspecified atom stereocenters. The average Bonchev–Trinajstić information content (AvgIpc) is 2.76. The van der Waals surface area contributed by atoms with Crippen molar-refractivity contribution in [1.29, 1.82) is 0 Å². The molecule has 0 aliphatic rings. The molecule has 0 radical (unpaired) electrons. The standard InChI is InChI=1S/C13H16N4O/c1-17-8-7-15-13(17)16-12(18)11(14)9-10-5-3-2-4-6-10/h2-8,11H,9,14H2,1H3,(H,15,16,18)/t11-/m0/s1. The summed E-state index contributed by atoms with van der Waals surface area (Å²) < 4.78 is 1.73. The summed E-state index contributed by atoms with van der Waals surface area (Å²) in [5, 5.41) is 2.70. The Labute approximate surface area is 106 Å². The van der Waals surface area contributed by atoms with E-state index in [4.69, 9.17) is 5.73 Å². The Morgan fingerprint density at radius 2 is 2.17 bits per heavy atom. The molecule has 18 heavy (non-hydrogen) atoms. The van der Waals surface area contributed by atoms with E-state index >= 15 is 0 Å². The number of amides is 1. The first-order valence-corrected chi connectivity index (χ1v) is 5.74. The largest absolute Gasteiger partial charge is 0.320 e. The van der Waals surface area contributed by atoms with Crippen LogP contribution in [-0.2, 0) is 18.3 Å².